The Morgan fingerprint density at radius 2 is 1.79 bits per heavy atom. The number of anilines is 1. The molecule has 0 aliphatic heterocycles. The molecule has 0 bridgehead atoms. The molecule has 4 aromatic rings. The summed E-state index contributed by atoms with van der Waals surface area (Å²) >= 11 is 1.33. The fourth-order valence-corrected chi connectivity index (χ4v) is 3.50. The van der Waals surface area contributed by atoms with E-state index in [4.69, 9.17) is 0 Å². The molecule has 1 N–H and O–H groups in total. The summed E-state index contributed by atoms with van der Waals surface area (Å²) in [5.41, 5.74) is 1.40. The number of aryl methyl sites for hydroxylation is 1. The second kappa shape index (κ2) is 8.05. The minimum absolute atomic E-state index is 0.0839. The molecule has 0 atom stereocenters. The smallest absolute Gasteiger partial charge is 0.277 e. The summed E-state index contributed by atoms with van der Waals surface area (Å²) in [6.45, 7) is 0.137. The Kier molecular flexibility index (Phi) is 5.16. The second-order valence-corrected chi connectivity index (χ2v) is 7.16. The van der Waals surface area contributed by atoms with Crippen LogP contribution in [-0.4, -0.2) is 31.1 Å². The maximum Gasteiger partial charge on any atom is 0.277 e. The number of hydrogen-bond donors (Lipinski definition) is 1. The lowest BCUT2D eigenvalue weighted by molar-refractivity contribution is -0.116. The first-order valence-electron chi connectivity index (χ1n) is 8.68. The van der Waals surface area contributed by atoms with E-state index in [1.54, 1.807) is 24.3 Å². The zero-order valence-electron chi connectivity index (χ0n) is 14.8. The van der Waals surface area contributed by atoms with Gasteiger partial charge in [0, 0.05) is 12.8 Å². The molecule has 140 valence electrons. The van der Waals surface area contributed by atoms with Gasteiger partial charge in [-0.3, -0.25) is 9.59 Å². The number of fused-ring (bicyclic) bond motifs is 1. The third-order valence-electron chi connectivity index (χ3n) is 4.09. The Hall–Kier alpha value is -3.46. The van der Waals surface area contributed by atoms with Gasteiger partial charge in [-0.05, 0) is 17.7 Å². The summed E-state index contributed by atoms with van der Waals surface area (Å²) in [5.74, 6) is -0.260. The summed E-state index contributed by atoms with van der Waals surface area (Å²) in [6, 6.07) is 16.9. The first kappa shape index (κ1) is 17.9. The highest BCUT2D eigenvalue weighted by Gasteiger charge is 2.11. The zero-order valence-corrected chi connectivity index (χ0v) is 15.6. The Labute approximate surface area is 163 Å². The topological polar surface area (TPSA) is 103 Å². The Balaban J connectivity index is 1.36. The molecule has 0 fully saturated rings. The molecule has 2 aromatic carbocycles. The van der Waals surface area contributed by atoms with E-state index in [9.17, 15) is 9.59 Å². The van der Waals surface area contributed by atoms with E-state index in [2.05, 4.69) is 25.8 Å². The van der Waals surface area contributed by atoms with Gasteiger partial charge < -0.3 is 5.32 Å². The number of carbonyl (C=O) groups excluding carboxylic acids is 1. The average Bonchev–Trinajstić information content (AvgIpc) is 3.15. The van der Waals surface area contributed by atoms with Gasteiger partial charge in [-0.25, -0.2) is 4.68 Å². The van der Waals surface area contributed by atoms with E-state index < -0.39 is 0 Å². The summed E-state index contributed by atoms with van der Waals surface area (Å²) in [4.78, 5) is 24.6. The fourth-order valence-electron chi connectivity index (χ4n) is 2.71. The van der Waals surface area contributed by atoms with Crippen LogP contribution in [0.2, 0.25) is 0 Å². The van der Waals surface area contributed by atoms with E-state index >= 15 is 0 Å². The monoisotopic (exact) mass is 392 g/mol. The van der Waals surface area contributed by atoms with Crippen LogP contribution >= 0.6 is 11.3 Å². The lowest BCUT2D eigenvalue weighted by atomic mass is 10.2. The summed E-state index contributed by atoms with van der Waals surface area (Å²) in [7, 11) is 0. The highest BCUT2D eigenvalue weighted by Crippen LogP contribution is 2.18. The second-order valence-electron chi connectivity index (χ2n) is 6.10. The van der Waals surface area contributed by atoms with E-state index in [0.29, 0.717) is 22.5 Å². The van der Waals surface area contributed by atoms with E-state index in [1.807, 2.05) is 30.3 Å². The number of aromatic nitrogens is 5. The number of hydrogen-bond acceptors (Lipinski definition) is 7. The number of amides is 1. The molecule has 9 heteroatoms. The SMILES string of the molecule is O=C(CCn1nnc2ccccc2c1=O)Nc1nnc(Cc2ccccc2)s1. The Morgan fingerprint density at radius 3 is 2.64 bits per heavy atom. The van der Waals surface area contributed by atoms with Gasteiger partial charge in [-0.2, -0.15) is 0 Å². The Morgan fingerprint density at radius 1 is 1.00 bits per heavy atom. The molecular weight excluding hydrogens is 376 g/mol. The third kappa shape index (κ3) is 4.09. The van der Waals surface area contributed by atoms with Crippen molar-refractivity contribution in [3.05, 3.63) is 75.5 Å². The van der Waals surface area contributed by atoms with E-state index in [-0.39, 0.29) is 24.4 Å². The van der Waals surface area contributed by atoms with Crippen LogP contribution in [0, 0.1) is 0 Å². The predicted octanol–water partition coefficient (Wildman–Crippen LogP) is 2.26. The number of nitrogens with one attached hydrogen (secondary N) is 1. The molecule has 2 aromatic heterocycles. The van der Waals surface area contributed by atoms with Gasteiger partial charge in [0.2, 0.25) is 11.0 Å². The van der Waals surface area contributed by atoms with Crippen molar-refractivity contribution in [2.24, 2.45) is 0 Å². The van der Waals surface area contributed by atoms with Crippen LogP contribution in [-0.2, 0) is 17.8 Å². The van der Waals surface area contributed by atoms with Crippen molar-refractivity contribution in [3.8, 4) is 0 Å². The highest BCUT2D eigenvalue weighted by atomic mass is 32.1. The van der Waals surface area contributed by atoms with Crippen molar-refractivity contribution < 1.29 is 4.79 Å². The van der Waals surface area contributed by atoms with Crippen molar-refractivity contribution in [2.75, 3.05) is 5.32 Å². The van der Waals surface area contributed by atoms with Gasteiger partial charge in [0.1, 0.15) is 10.5 Å². The minimum Gasteiger partial charge on any atom is -0.300 e. The fraction of sp³-hybridized carbons (Fsp3) is 0.158. The molecule has 0 radical (unpaired) electrons. The number of rotatable bonds is 6. The quantitative estimate of drug-likeness (QED) is 0.540. The van der Waals surface area contributed by atoms with Crippen molar-refractivity contribution in [3.63, 3.8) is 0 Å². The first-order valence-corrected chi connectivity index (χ1v) is 9.49. The van der Waals surface area contributed by atoms with Gasteiger partial charge >= 0.3 is 0 Å². The third-order valence-corrected chi connectivity index (χ3v) is 4.93. The van der Waals surface area contributed by atoms with Crippen LogP contribution in [0.3, 0.4) is 0 Å². The van der Waals surface area contributed by atoms with Crippen LogP contribution in [0.4, 0.5) is 5.13 Å². The molecule has 28 heavy (non-hydrogen) atoms. The van der Waals surface area contributed by atoms with Crippen molar-refractivity contribution in [1.29, 1.82) is 0 Å². The predicted molar refractivity (Wildman–Crippen MR) is 106 cm³/mol. The zero-order chi connectivity index (χ0) is 19.3. The van der Waals surface area contributed by atoms with Crippen molar-refractivity contribution >= 4 is 33.3 Å². The molecule has 2 heterocycles. The van der Waals surface area contributed by atoms with Crippen LogP contribution < -0.4 is 10.9 Å². The van der Waals surface area contributed by atoms with Gasteiger partial charge in [-0.15, -0.1) is 15.3 Å². The molecule has 8 nitrogen and oxygen atoms in total. The number of carbonyl (C=O) groups is 1. The van der Waals surface area contributed by atoms with Crippen molar-refractivity contribution in [1.82, 2.24) is 25.2 Å². The molecule has 1 amide bonds. The van der Waals surface area contributed by atoms with Crippen LogP contribution in [0.5, 0.6) is 0 Å². The van der Waals surface area contributed by atoms with Crippen molar-refractivity contribution in [2.45, 2.75) is 19.4 Å². The van der Waals surface area contributed by atoms with Gasteiger partial charge in [0.15, 0.2) is 0 Å². The standard InChI is InChI=1S/C19H16N6O2S/c26-16(10-11-25-18(27)14-8-4-5-9-15(14)21-24-25)20-19-23-22-17(28-19)12-13-6-2-1-3-7-13/h1-9H,10-12H2,(H,20,23,26). The maximum atomic E-state index is 12.4. The lowest BCUT2D eigenvalue weighted by Crippen LogP contribution is -2.26. The van der Waals surface area contributed by atoms with E-state index in [0.717, 1.165) is 10.6 Å². The van der Waals surface area contributed by atoms with Gasteiger partial charge in [0.25, 0.3) is 5.56 Å². The van der Waals surface area contributed by atoms with Crippen LogP contribution in [0.1, 0.15) is 17.0 Å². The summed E-state index contributed by atoms with van der Waals surface area (Å²) < 4.78 is 1.20. The molecule has 0 saturated carbocycles. The van der Waals surface area contributed by atoms with Gasteiger partial charge in [-0.1, -0.05) is 59.0 Å². The van der Waals surface area contributed by atoms with Crippen LogP contribution in [0.25, 0.3) is 10.9 Å². The minimum atomic E-state index is -0.264. The first-order chi connectivity index (χ1) is 13.7. The maximum absolute atomic E-state index is 12.4. The highest BCUT2D eigenvalue weighted by molar-refractivity contribution is 7.15. The normalized spacial score (nSPS) is 10.9. The lowest BCUT2D eigenvalue weighted by Gasteiger charge is -2.04. The van der Waals surface area contributed by atoms with E-state index in [1.165, 1.54) is 16.0 Å². The van der Waals surface area contributed by atoms with Crippen LogP contribution in [0.15, 0.2) is 59.4 Å². The average molecular weight is 392 g/mol. The summed E-state index contributed by atoms with van der Waals surface area (Å²) in [6.07, 6.45) is 0.747. The van der Waals surface area contributed by atoms with Gasteiger partial charge in [0.05, 0.1) is 11.9 Å². The Bertz CT molecular complexity index is 1170. The molecule has 0 aliphatic rings. The molecular formula is C19H16N6O2S. The number of benzene rings is 2. The molecule has 0 saturated heterocycles. The largest absolute Gasteiger partial charge is 0.300 e. The molecule has 0 aliphatic carbocycles. The molecule has 0 unspecified atom stereocenters. The molecule has 4 rings (SSSR count). The summed E-state index contributed by atoms with van der Waals surface area (Å²) in [5, 5.41) is 20.5. The molecule has 0 spiro atoms. The number of nitrogens with zero attached hydrogens (tertiary/aromatic N) is 5.